The third kappa shape index (κ3) is 4.30. The van der Waals surface area contributed by atoms with Crippen LogP contribution in [0.25, 0.3) is 16.9 Å². The van der Waals surface area contributed by atoms with Gasteiger partial charge in [-0.15, -0.1) is 0 Å². The average molecular weight is 423 g/mol. The van der Waals surface area contributed by atoms with Crippen LogP contribution < -0.4 is 5.32 Å². The van der Waals surface area contributed by atoms with Gasteiger partial charge in [0.2, 0.25) is 0 Å². The minimum atomic E-state index is -4.57. The lowest BCUT2D eigenvalue weighted by atomic mass is 10.1. The lowest BCUT2D eigenvalue weighted by molar-refractivity contribution is -0.142. The maximum absolute atomic E-state index is 13.2. The Hall–Kier alpha value is -4.01. The number of rotatable bonds is 4. The molecule has 1 amide bonds. The van der Waals surface area contributed by atoms with Crippen LogP contribution in [0.4, 0.5) is 18.9 Å². The van der Waals surface area contributed by atoms with E-state index in [1.54, 1.807) is 6.92 Å². The lowest BCUT2D eigenvalue weighted by Crippen LogP contribution is -2.16. The van der Waals surface area contributed by atoms with Crippen LogP contribution in [0.3, 0.4) is 0 Å². The number of halogens is 3. The molecule has 2 aromatic heterocycles. The number of hydrogen-bond acceptors (Lipinski definition) is 4. The largest absolute Gasteiger partial charge is 0.433 e. The maximum atomic E-state index is 13.2. The summed E-state index contributed by atoms with van der Waals surface area (Å²) in [5.74, 6) is 0.0319. The fourth-order valence-electron chi connectivity index (χ4n) is 3.07. The van der Waals surface area contributed by atoms with Crippen molar-refractivity contribution < 1.29 is 18.0 Å². The molecule has 0 spiro atoms. The standard InChI is InChI=1S/C22H16F3N5O/c1-14-26-13-18(20(28-14)15-6-3-2-4-7-15)29-21(31)16-8-5-9-17(12-16)30-19(10-11-27-30)22(23,24)25/h2-13H,1H3,(H,29,31). The van der Waals surface area contributed by atoms with Gasteiger partial charge in [0, 0.05) is 11.1 Å². The smallest absolute Gasteiger partial charge is 0.319 e. The second kappa shape index (κ2) is 8.02. The Bertz CT molecular complexity index is 1240. The highest BCUT2D eigenvalue weighted by Crippen LogP contribution is 2.31. The Morgan fingerprint density at radius 2 is 1.81 bits per heavy atom. The Kier molecular flexibility index (Phi) is 5.24. The van der Waals surface area contributed by atoms with Gasteiger partial charge in [0.1, 0.15) is 11.5 Å². The van der Waals surface area contributed by atoms with E-state index >= 15 is 0 Å². The number of carbonyl (C=O) groups is 1. The minimum Gasteiger partial charge on any atom is -0.319 e. The zero-order valence-corrected chi connectivity index (χ0v) is 16.3. The van der Waals surface area contributed by atoms with E-state index in [2.05, 4.69) is 20.4 Å². The first-order valence-electron chi connectivity index (χ1n) is 9.25. The predicted molar refractivity (Wildman–Crippen MR) is 109 cm³/mol. The number of benzene rings is 2. The minimum absolute atomic E-state index is 0.119. The number of nitrogens with zero attached hydrogens (tertiary/aromatic N) is 4. The summed E-state index contributed by atoms with van der Waals surface area (Å²) in [5.41, 5.74) is 1.09. The Morgan fingerprint density at radius 3 is 2.55 bits per heavy atom. The van der Waals surface area contributed by atoms with Crippen LogP contribution in [-0.2, 0) is 6.18 Å². The molecular formula is C22H16F3N5O. The van der Waals surface area contributed by atoms with Gasteiger partial charge >= 0.3 is 6.18 Å². The first-order valence-corrected chi connectivity index (χ1v) is 9.25. The lowest BCUT2D eigenvalue weighted by Gasteiger charge is -2.13. The number of carbonyl (C=O) groups excluding carboxylic acids is 1. The van der Waals surface area contributed by atoms with Gasteiger partial charge in [0.05, 0.1) is 29.5 Å². The van der Waals surface area contributed by atoms with E-state index in [1.165, 1.54) is 30.5 Å². The van der Waals surface area contributed by atoms with E-state index < -0.39 is 17.8 Å². The zero-order valence-electron chi connectivity index (χ0n) is 16.3. The summed E-state index contributed by atoms with van der Waals surface area (Å²) in [7, 11) is 0. The van der Waals surface area contributed by atoms with Gasteiger partial charge in [-0.25, -0.2) is 14.6 Å². The van der Waals surface area contributed by atoms with E-state index in [0.29, 0.717) is 17.2 Å². The normalized spacial score (nSPS) is 11.4. The number of amides is 1. The fourth-order valence-corrected chi connectivity index (χ4v) is 3.07. The molecule has 6 nitrogen and oxygen atoms in total. The Morgan fingerprint density at radius 1 is 1.03 bits per heavy atom. The van der Waals surface area contributed by atoms with Crippen molar-refractivity contribution in [3.8, 4) is 16.9 Å². The Labute approximate surface area is 175 Å². The molecule has 1 N–H and O–H groups in total. The highest BCUT2D eigenvalue weighted by atomic mass is 19.4. The van der Waals surface area contributed by atoms with Crippen LogP contribution >= 0.6 is 0 Å². The summed E-state index contributed by atoms with van der Waals surface area (Å²) >= 11 is 0. The van der Waals surface area contributed by atoms with Gasteiger partial charge < -0.3 is 5.32 Å². The summed E-state index contributed by atoms with van der Waals surface area (Å²) < 4.78 is 40.3. The van der Waals surface area contributed by atoms with Crippen molar-refractivity contribution in [1.29, 1.82) is 0 Å². The molecule has 0 saturated heterocycles. The second-order valence-electron chi connectivity index (χ2n) is 6.68. The van der Waals surface area contributed by atoms with Gasteiger partial charge in [-0.1, -0.05) is 36.4 Å². The van der Waals surface area contributed by atoms with Crippen molar-refractivity contribution >= 4 is 11.6 Å². The zero-order chi connectivity index (χ0) is 22.0. The third-order valence-electron chi connectivity index (χ3n) is 4.49. The van der Waals surface area contributed by atoms with E-state index in [-0.39, 0.29) is 11.3 Å². The quantitative estimate of drug-likeness (QED) is 0.506. The molecule has 9 heteroatoms. The molecule has 0 aliphatic heterocycles. The summed E-state index contributed by atoms with van der Waals surface area (Å²) in [6, 6.07) is 16.0. The molecule has 156 valence electrons. The Balaban J connectivity index is 1.66. The summed E-state index contributed by atoms with van der Waals surface area (Å²) in [6.45, 7) is 1.74. The highest BCUT2D eigenvalue weighted by Gasteiger charge is 2.35. The first-order chi connectivity index (χ1) is 14.8. The second-order valence-corrected chi connectivity index (χ2v) is 6.68. The van der Waals surface area contributed by atoms with Gasteiger partial charge in [0.25, 0.3) is 5.91 Å². The van der Waals surface area contributed by atoms with Gasteiger partial charge in [-0.3, -0.25) is 4.79 Å². The topological polar surface area (TPSA) is 72.7 Å². The van der Waals surface area contributed by atoms with Crippen molar-refractivity contribution in [2.45, 2.75) is 13.1 Å². The molecule has 0 radical (unpaired) electrons. The maximum Gasteiger partial charge on any atom is 0.433 e. The van der Waals surface area contributed by atoms with Crippen molar-refractivity contribution in [2.24, 2.45) is 0 Å². The van der Waals surface area contributed by atoms with E-state index in [0.717, 1.165) is 22.5 Å². The summed E-state index contributed by atoms with van der Waals surface area (Å²) in [6.07, 6.45) is -2.01. The van der Waals surface area contributed by atoms with Crippen molar-refractivity contribution in [3.63, 3.8) is 0 Å². The van der Waals surface area contributed by atoms with E-state index in [9.17, 15) is 18.0 Å². The molecule has 0 saturated carbocycles. The van der Waals surface area contributed by atoms with E-state index in [1.807, 2.05) is 30.3 Å². The molecular weight excluding hydrogens is 407 g/mol. The van der Waals surface area contributed by atoms with Crippen LogP contribution in [0.15, 0.2) is 73.1 Å². The highest BCUT2D eigenvalue weighted by molar-refractivity contribution is 6.06. The van der Waals surface area contributed by atoms with Gasteiger partial charge in [-0.2, -0.15) is 18.3 Å². The van der Waals surface area contributed by atoms with Crippen LogP contribution in [0, 0.1) is 6.92 Å². The molecule has 4 rings (SSSR count). The molecule has 0 aliphatic rings. The molecule has 2 heterocycles. The number of aromatic nitrogens is 4. The third-order valence-corrected chi connectivity index (χ3v) is 4.49. The molecule has 0 bridgehead atoms. The molecule has 0 fully saturated rings. The summed E-state index contributed by atoms with van der Waals surface area (Å²) in [4.78, 5) is 21.4. The van der Waals surface area contributed by atoms with Gasteiger partial charge in [-0.05, 0) is 31.2 Å². The van der Waals surface area contributed by atoms with E-state index in [4.69, 9.17) is 0 Å². The molecule has 0 atom stereocenters. The van der Waals surface area contributed by atoms with Crippen LogP contribution in [-0.4, -0.2) is 25.7 Å². The number of hydrogen-bond donors (Lipinski definition) is 1. The van der Waals surface area contributed by atoms with Gasteiger partial charge in [0.15, 0.2) is 0 Å². The monoisotopic (exact) mass is 423 g/mol. The average Bonchev–Trinajstić information content (AvgIpc) is 3.26. The number of alkyl halides is 3. The number of anilines is 1. The molecule has 2 aromatic carbocycles. The van der Waals surface area contributed by atoms with Crippen molar-refractivity contribution in [1.82, 2.24) is 19.7 Å². The van der Waals surface area contributed by atoms with Crippen molar-refractivity contribution in [3.05, 3.63) is 90.1 Å². The van der Waals surface area contributed by atoms with Crippen LogP contribution in [0.5, 0.6) is 0 Å². The molecule has 0 aliphatic carbocycles. The molecule has 0 unspecified atom stereocenters. The first kappa shape index (κ1) is 20.3. The van der Waals surface area contributed by atoms with Crippen LogP contribution in [0.2, 0.25) is 0 Å². The predicted octanol–water partition coefficient (Wildman–Crippen LogP) is 4.91. The number of aryl methyl sites for hydroxylation is 1. The number of nitrogens with one attached hydrogen (secondary N) is 1. The molecule has 31 heavy (non-hydrogen) atoms. The molecule has 4 aromatic rings. The van der Waals surface area contributed by atoms with Crippen molar-refractivity contribution in [2.75, 3.05) is 5.32 Å². The fraction of sp³-hybridized carbons (Fsp3) is 0.0909. The SMILES string of the molecule is Cc1ncc(NC(=O)c2cccc(-n3nccc3C(F)(F)F)c2)c(-c2ccccc2)n1. The van der Waals surface area contributed by atoms with Crippen LogP contribution in [0.1, 0.15) is 21.9 Å². The summed E-state index contributed by atoms with van der Waals surface area (Å²) in [5, 5.41) is 6.50.